The SMILES string of the molecule is CN=CC(=CN)c1ccc2[nH]c(-c3ccc(OCc4ccccc4)cc3)nc2n1. The molecule has 4 rings (SSSR count). The Morgan fingerprint density at radius 3 is 2.55 bits per heavy atom. The third kappa shape index (κ3) is 4.16. The van der Waals surface area contributed by atoms with Crippen LogP contribution in [0.1, 0.15) is 11.3 Å². The Morgan fingerprint density at radius 1 is 1.03 bits per heavy atom. The summed E-state index contributed by atoms with van der Waals surface area (Å²) in [5.41, 5.74) is 10.7. The van der Waals surface area contributed by atoms with Gasteiger partial charge in [0, 0.05) is 30.6 Å². The fourth-order valence-corrected chi connectivity index (χ4v) is 2.97. The fraction of sp³-hybridized carbons (Fsp3) is 0.0870. The van der Waals surface area contributed by atoms with Crippen molar-refractivity contribution in [1.82, 2.24) is 15.0 Å². The molecule has 0 amide bonds. The average Bonchev–Trinajstić information content (AvgIpc) is 3.20. The van der Waals surface area contributed by atoms with Crippen LogP contribution < -0.4 is 10.5 Å². The lowest BCUT2D eigenvalue weighted by Crippen LogP contribution is -1.95. The summed E-state index contributed by atoms with van der Waals surface area (Å²) in [4.78, 5) is 16.5. The highest BCUT2D eigenvalue weighted by molar-refractivity contribution is 6.09. The molecule has 6 heteroatoms. The van der Waals surface area contributed by atoms with Crippen molar-refractivity contribution < 1.29 is 4.74 Å². The van der Waals surface area contributed by atoms with E-state index in [9.17, 15) is 0 Å². The number of benzene rings is 2. The topological polar surface area (TPSA) is 89.2 Å². The van der Waals surface area contributed by atoms with Crippen molar-refractivity contribution in [1.29, 1.82) is 0 Å². The normalized spacial score (nSPS) is 12.0. The number of allylic oxidation sites excluding steroid dienone is 1. The maximum Gasteiger partial charge on any atom is 0.178 e. The molecule has 0 saturated heterocycles. The van der Waals surface area contributed by atoms with E-state index in [-0.39, 0.29) is 0 Å². The molecule has 0 aliphatic heterocycles. The Hall–Kier alpha value is -3.93. The number of nitrogens with zero attached hydrogens (tertiary/aromatic N) is 3. The molecule has 0 aliphatic rings. The first-order valence-electron chi connectivity index (χ1n) is 9.25. The second-order valence-electron chi connectivity index (χ2n) is 6.46. The Kier molecular flexibility index (Phi) is 5.33. The molecule has 0 bridgehead atoms. The lowest BCUT2D eigenvalue weighted by Gasteiger charge is -2.06. The smallest absolute Gasteiger partial charge is 0.178 e. The molecule has 3 N–H and O–H groups in total. The van der Waals surface area contributed by atoms with Crippen LogP contribution in [0.2, 0.25) is 0 Å². The number of imidazole rings is 1. The Morgan fingerprint density at radius 2 is 1.83 bits per heavy atom. The maximum atomic E-state index is 5.85. The first-order valence-corrected chi connectivity index (χ1v) is 9.25. The van der Waals surface area contributed by atoms with Gasteiger partial charge in [0.2, 0.25) is 0 Å². The molecule has 0 fully saturated rings. The summed E-state index contributed by atoms with van der Waals surface area (Å²) in [5, 5.41) is 0. The summed E-state index contributed by atoms with van der Waals surface area (Å²) in [5.74, 6) is 1.56. The van der Waals surface area contributed by atoms with Gasteiger partial charge in [0.05, 0.1) is 11.2 Å². The maximum absolute atomic E-state index is 5.85. The van der Waals surface area contributed by atoms with Crippen LogP contribution in [0, 0.1) is 0 Å². The third-order valence-electron chi connectivity index (χ3n) is 4.47. The number of H-pyrrole nitrogens is 1. The predicted molar refractivity (Wildman–Crippen MR) is 117 cm³/mol. The summed E-state index contributed by atoms with van der Waals surface area (Å²) in [7, 11) is 1.70. The molecule has 6 nitrogen and oxygen atoms in total. The van der Waals surface area contributed by atoms with E-state index in [0.29, 0.717) is 12.3 Å². The molecule has 0 radical (unpaired) electrons. The summed E-state index contributed by atoms with van der Waals surface area (Å²) in [6, 6.07) is 21.8. The minimum Gasteiger partial charge on any atom is -0.489 e. The Bertz CT molecular complexity index is 1160. The number of pyridine rings is 1. The van der Waals surface area contributed by atoms with E-state index < -0.39 is 0 Å². The van der Waals surface area contributed by atoms with Gasteiger partial charge in [0.15, 0.2) is 5.65 Å². The van der Waals surface area contributed by atoms with Gasteiger partial charge in [-0.3, -0.25) is 4.99 Å². The van der Waals surface area contributed by atoms with Gasteiger partial charge in [-0.15, -0.1) is 0 Å². The van der Waals surface area contributed by atoms with Crippen molar-refractivity contribution in [3.8, 4) is 17.1 Å². The van der Waals surface area contributed by atoms with Gasteiger partial charge in [0.25, 0.3) is 0 Å². The van der Waals surface area contributed by atoms with Crippen LogP contribution in [-0.2, 0) is 6.61 Å². The number of aromatic amines is 1. The van der Waals surface area contributed by atoms with Crippen LogP contribution >= 0.6 is 0 Å². The number of rotatable bonds is 6. The number of ether oxygens (including phenoxy) is 1. The number of hydrogen-bond donors (Lipinski definition) is 2. The largest absolute Gasteiger partial charge is 0.489 e. The minimum atomic E-state index is 0.537. The highest BCUT2D eigenvalue weighted by Crippen LogP contribution is 2.23. The molecule has 4 aromatic rings. The molecule has 0 spiro atoms. The zero-order chi connectivity index (χ0) is 20.1. The van der Waals surface area contributed by atoms with E-state index in [1.807, 2.05) is 66.7 Å². The Balaban J connectivity index is 1.53. The number of aromatic nitrogens is 3. The molecule has 2 heterocycles. The van der Waals surface area contributed by atoms with Crippen LogP contribution in [0.25, 0.3) is 28.1 Å². The van der Waals surface area contributed by atoms with Crippen LogP contribution in [0.15, 0.2) is 77.9 Å². The van der Waals surface area contributed by atoms with Gasteiger partial charge >= 0.3 is 0 Å². The first-order chi connectivity index (χ1) is 14.3. The summed E-state index contributed by atoms with van der Waals surface area (Å²) < 4.78 is 5.85. The third-order valence-corrected chi connectivity index (χ3v) is 4.47. The standard InChI is InChI=1S/C23H21N5O/c1-25-14-18(13-24)20-11-12-21-23(26-20)28-22(27-21)17-7-9-19(10-8-17)29-15-16-5-3-2-4-6-16/h2-14H,15,24H2,1H3,(H,26,27,28). The zero-order valence-corrected chi connectivity index (χ0v) is 16.0. The first kappa shape index (κ1) is 18.4. The summed E-state index contributed by atoms with van der Waals surface area (Å²) in [6.07, 6.45) is 3.17. The van der Waals surface area contributed by atoms with E-state index in [0.717, 1.165) is 39.5 Å². The van der Waals surface area contributed by atoms with Crippen LogP contribution in [0.4, 0.5) is 0 Å². The number of hydrogen-bond acceptors (Lipinski definition) is 5. The van der Waals surface area contributed by atoms with Gasteiger partial charge in [-0.2, -0.15) is 0 Å². The molecular formula is C23H21N5O. The molecule has 29 heavy (non-hydrogen) atoms. The second kappa shape index (κ2) is 8.39. The van der Waals surface area contributed by atoms with Gasteiger partial charge < -0.3 is 15.5 Å². The number of nitrogens with one attached hydrogen (secondary N) is 1. The van der Waals surface area contributed by atoms with E-state index >= 15 is 0 Å². The average molecular weight is 383 g/mol. The molecule has 0 saturated carbocycles. The van der Waals surface area contributed by atoms with E-state index in [1.54, 1.807) is 13.3 Å². The minimum absolute atomic E-state index is 0.537. The molecule has 144 valence electrons. The van der Waals surface area contributed by atoms with Crippen molar-refractivity contribution in [2.24, 2.45) is 10.7 Å². The lowest BCUT2D eigenvalue weighted by atomic mass is 10.2. The Labute approximate surface area is 168 Å². The predicted octanol–water partition coefficient (Wildman–Crippen LogP) is 4.20. The quantitative estimate of drug-likeness (QED) is 0.488. The molecule has 2 aromatic carbocycles. The van der Waals surface area contributed by atoms with Crippen molar-refractivity contribution in [2.45, 2.75) is 6.61 Å². The van der Waals surface area contributed by atoms with E-state index in [4.69, 9.17) is 10.5 Å². The summed E-state index contributed by atoms with van der Waals surface area (Å²) in [6.45, 7) is 0.537. The molecular weight excluding hydrogens is 362 g/mol. The van der Waals surface area contributed by atoms with Gasteiger partial charge in [-0.05, 0) is 42.0 Å². The molecule has 0 unspecified atom stereocenters. The van der Waals surface area contributed by atoms with E-state index in [2.05, 4.69) is 19.9 Å². The number of aliphatic imine (C=N–C) groups is 1. The van der Waals surface area contributed by atoms with Crippen molar-refractivity contribution in [3.63, 3.8) is 0 Å². The highest BCUT2D eigenvalue weighted by atomic mass is 16.5. The van der Waals surface area contributed by atoms with Gasteiger partial charge in [-0.1, -0.05) is 30.3 Å². The second-order valence-corrected chi connectivity index (χ2v) is 6.46. The van der Waals surface area contributed by atoms with Crippen LogP contribution in [0.3, 0.4) is 0 Å². The van der Waals surface area contributed by atoms with Gasteiger partial charge in [-0.25, -0.2) is 9.97 Å². The number of nitrogens with two attached hydrogens (primary N) is 1. The fourth-order valence-electron chi connectivity index (χ4n) is 2.97. The zero-order valence-electron chi connectivity index (χ0n) is 16.0. The van der Waals surface area contributed by atoms with Crippen LogP contribution in [-0.4, -0.2) is 28.2 Å². The van der Waals surface area contributed by atoms with Crippen LogP contribution in [0.5, 0.6) is 5.75 Å². The summed E-state index contributed by atoms with van der Waals surface area (Å²) >= 11 is 0. The number of fused-ring (bicyclic) bond motifs is 1. The van der Waals surface area contributed by atoms with Crippen molar-refractivity contribution in [2.75, 3.05) is 7.05 Å². The van der Waals surface area contributed by atoms with E-state index in [1.165, 1.54) is 6.20 Å². The molecule has 2 aromatic heterocycles. The van der Waals surface area contributed by atoms with Crippen molar-refractivity contribution >= 4 is 23.0 Å². The highest BCUT2D eigenvalue weighted by Gasteiger charge is 2.09. The molecule has 0 aliphatic carbocycles. The lowest BCUT2D eigenvalue weighted by molar-refractivity contribution is 0.306. The monoisotopic (exact) mass is 383 g/mol. The molecule has 0 atom stereocenters. The van der Waals surface area contributed by atoms with Crippen molar-refractivity contribution in [3.05, 3.63) is 84.2 Å². The van der Waals surface area contributed by atoms with Gasteiger partial charge in [0.1, 0.15) is 18.2 Å².